The van der Waals surface area contributed by atoms with E-state index < -0.39 is 57.9 Å². The van der Waals surface area contributed by atoms with Crippen LogP contribution in [0.3, 0.4) is 0 Å². The summed E-state index contributed by atoms with van der Waals surface area (Å²) in [6, 6.07) is 2.44. The summed E-state index contributed by atoms with van der Waals surface area (Å²) in [5, 5.41) is 12.9. The number of nitrogens with one attached hydrogen (secondary N) is 2. The predicted octanol–water partition coefficient (Wildman–Crippen LogP) is 0.502. The van der Waals surface area contributed by atoms with E-state index >= 15 is 0 Å². The zero-order chi connectivity index (χ0) is 30.4. The minimum Gasteiger partial charge on any atom is -0.496 e. The number of hydrogen-bond donors (Lipinski definition) is 3. The highest BCUT2D eigenvalue weighted by Gasteiger charge is 2.62. The molecule has 2 heterocycles. The Morgan fingerprint density at radius 2 is 1.95 bits per heavy atom. The highest BCUT2D eigenvalue weighted by atomic mass is 32.2. The Labute approximate surface area is 243 Å². The Morgan fingerprint density at radius 1 is 1.21 bits per heavy atom. The van der Waals surface area contributed by atoms with Crippen LogP contribution < -0.4 is 19.5 Å². The molecule has 15 heteroatoms. The minimum absolute atomic E-state index is 0.0185. The lowest BCUT2D eigenvalue weighted by molar-refractivity contribution is -0.141. The lowest BCUT2D eigenvalue weighted by Crippen LogP contribution is -2.56. The van der Waals surface area contributed by atoms with E-state index in [4.69, 9.17) is 13.7 Å². The zero-order valence-corrected chi connectivity index (χ0v) is 24.7. The maximum atomic E-state index is 13.6. The molecule has 0 spiro atoms. The molecule has 3 N–H and O–H groups in total. The number of aryl methyl sites for hydroxylation is 1. The summed E-state index contributed by atoms with van der Waals surface area (Å²) >= 11 is 0. The van der Waals surface area contributed by atoms with Crippen LogP contribution in [0.15, 0.2) is 18.5 Å². The van der Waals surface area contributed by atoms with E-state index in [0.29, 0.717) is 35.9 Å². The molecule has 1 saturated heterocycles. The number of nitrogens with zero attached hydrogens (tertiary/aromatic N) is 3. The summed E-state index contributed by atoms with van der Waals surface area (Å²) in [5.41, 5.74) is -0.893. The number of methoxy groups -OCH3 is 1. The molecule has 3 amide bonds. The van der Waals surface area contributed by atoms with Gasteiger partial charge >= 0.3 is 10.3 Å². The van der Waals surface area contributed by atoms with Crippen LogP contribution >= 0.6 is 0 Å². The lowest BCUT2D eigenvalue weighted by Gasteiger charge is -2.26. The van der Waals surface area contributed by atoms with E-state index in [-0.39, 0.29) is 31.2 Å². The van der Waals surface area contributed by atoms with Crippen molar-refractivity contribution >= 4 is 38.9 Å². The second-order valence-corrected chi connectivity index (χ2v) is 12.6. The van der Waals surface area contributed by atoms with Gasteiger partial charge in [-0.05, 0) is 51.2 Å². The van der Waals surface area contributed by atoms with Crippen LogP contribution in [0.4, 0.5) is 0 Å². The first kappa shape index (κ1) is 29.9. The number of fused-ring (bicyclic) bond motifs is 1. The third-order valence-electron chi connectivity index (χ3n) is 8.32. The number of aliphatic hydroxyl groups excluding tert-OH is 1. The van der Waals surface area contributed by atoms with Crippen LogP contribution in [-0.2, 0) is 28.9 Å². The molecule has 3 fully saturated rings. The van der Waals surface area contributed by atoms with Crippen LogP contribution in [-0.4, -0.2) is 89.7 Å². The van der Waals surface area contributed by atoms with E-state index in [9.17, 15) is 27.9 Å². The number of rotatable bonds is 11. The third kappa shape index (κ3) is 5.72. The average molecular weight is 606 g/mol. The summed E-state index contributed by atoms with van der Waals surface area (Å²) in [7, 11) is -2.83. The number of benzene rings is 1. The second-order valence-electron chi connectivity index (χ2n) is 11.4. The normalized spacial score (nSPS) is 26.0. The largest absolute Gasteiger partial charge is 0.496 e. The maximum Gasteiger partial charge on any atom is 0.362 e. The summed E-state index contributed by atoms with van der Waals surface area (Å²) in [5.74, 6) is -1.65. The monoisotopic (exact) mass is 605 g/mol. The number of amides is 3. The minimum atomic E-state index is -4.39. The summed E-state index contributed by atoms with van der Waals surface area (Å²) in [6.07, 6.45) is 2.57. The summed E-state index contributed by atoms with van der Waals surface area (Å²) in [4.78, 5) is 49.2. The van der Waals surface area contributed by atoms with Gasteiger partial charge in [0.05, 0.1) is 30.2 Å². The molecule has 3 aliphatic rings. The Morgan fingerprint density at radius 3 is 2.57 bits per heavy atom. The molecular weight excluding hydrogens is 570 g/mol. The molecule has 1 aromatic heterocycles. The highest BCUT2D eigenvalue weighted by Crippen LogP contribution is 2.47. The molecule has 5 rings (SSSR count). The molecule has 42 heavy (non-hydrogen) atoms. The fraction of sp³-hybridized carbons (Fsp3) is 0.593. The first-order valence-electron chi connectivity index (χ1n) is 13.8. The molecule has 14 nitrogen and oxygen atoms in total. The fourth-order valence-corrected chi connectivity index (χ4v) is 6.71. The molecule has 0 bridgehead atoms. The van der Waals surface area contributed by atoms with E-state index in [1.54, 1.807) is 26.2 Å². The predicted molar refractivity (Wildman–Crippen MR) is 148 cm³/mol. The van der Waals surface area contributed by atoms with Gasteiger partial charge in [0, 0.05) is 12.0 Å². The number of aromatic nitrogens is 2. The van der Waals surface area contributed by atoms with Crippen molar-refractivity contribution in [2.24, 2.45) is 5.92 Å². The molecule has 228 valence electrons. The molecular formula is C27H35N5O9S. The standard InChI is InChI=1S/C27H35N5O9S/c1-5-16-11-27(16,25(36)31-42(37,38)41-26(3)8-9-26)30-23(35)19-10-17(12-32(19)21(34)13-33)40-24-18-6-7-20(39-4)15(2)22(18)28-14-29-24/h6-7,14,16-17,19,33H,5,8-13H2,1-4H3,(H,30,35)(H,31,36)/t16?,17-,19?,27-/m1/s1. The topological polar surface area (TPSA) is 186 Å². The van der Waals surface area contributed by atoms with Gasteiger partial charge in [-0.3, -0.25) is 14.4 Å². The first-order valence-corrected chi connectivity index (χ1v) is 15.2. The van der Waals surface area contributed by atoms with Gasteiger partial charge in [0.2, 0.25) is 17.7 Å². The van der Waals surface area contributed by atoms with E-state index in [0.717, 1.165) is 5.56 Å². The van der Waals surface area contributed by atoms with Gasteiger partial charge in [-0.15, -0.1) is 0 Å². The Hall–Kier alpha value is -3.56. The van der Waals surface area contributed by atoms with Crippen molar-refractivity contribution in [3.63, 3.8) is 0 Å². The number of carbonyl (C=O) groups is 3. The van der Waals surface area contributed by atoms with Crippen LogP contribution in [0.5, 0.6) is 11.6 Å². The van der Waals surface area contributed by atoms with Crippen molar-refractivity contribution in [2.45, 2.75) is 76.2 Å². The Bertz CT molecular complexity index is 1530. The Kier molecular flexibility index (Phi) is 7.79. The second kappa shape index (κ2) is 10.9. The third-order valence-corrected chi connectivity index (χ3v) is 9.38. The first-order chi connectivity index (χ1) is 19.8. The van der Waals surface area contributed by atoms with Crippen LogP contribution in [0.2, 0.25) is 0 Å². The van der Waals surface area contributed by atoms with Crippen molar-refractivity contribution in [3.05, 3.63) is 24.0 Å². The van der Waals surface area contributed by atoms with Gasteiger partial charge in [0.1, 0.15) is 36.4 Å². The summed E-state index contributed by atoms with van der Waals surface area (Å²) < 4.78 is 43.5. The zero-order valence-electron chi connectivity index (χ0n) is 23.9. The van der Waals surface area contributed by atoms with Crippen molar-refractivity contribution in [2.75, 3.05) is 20.3 Å². The molecule has 0 radical (unpaired) electrons. The Balaban J connectivity index is 1.33. The SMILES string of the molecule is CCC1C[C@]1(NC(=O)C1C[C@@H](Oc2ncnc3c(C)c(OC)ccc23)CN1C(=O)CO)C(=O)NS(=O)(=O)OC1(C)CC1. The molecule has 2 unspecified atom stereocenters. The van der Waals surface area contributed by atoms with Crippen LogP contribution in [0, 0.1) is 12.8 Å². The van der Waals surface area contributed by atoms with Crippen LogP contribution in [0.25, 0.3) is 10.9 Å². The molecule has 1 aliphatic heterocycles. The molecule has 2 aliphatic carbocycles. The van der Waals surface area contributed by atoms with Crippen molar-refractivity contribution in [1.82, 2.24) is 24.9 Å². The molecule has 1 aromatic carbocycles. The van der Waals surface area contributed by atoms with E-state index in [2.05, 4.69) is 15.3 Å². The van der Waals surface area contributed by atoms with Crippen molar-refractivity contribution in [1.29, 1.82) is 0 Å². The lowest BCUT2D eigenvalue weighted by atomic mass is 10.1. The smallest absolute Gasteiger partial charge is 0.362 e. The van der Waals surface area contributed by atoms with Gasteiger partial charge in [-0.2, -0.15) is 8.42 Å². The molecule has 2 aromatic rings. The van der Waals surface area contributed by atoms with Gasteiger partial charge < -0.3 is 24.8 Å². The van der Waals surface area contributed by atoms with Gasteiger partial charge in [0.25, 0.3) is 5.91 Å². The van der Waals surface area contributed by atoms with Crippen molar-refractivity contribution < 1.29 is 41.6 Å². The quantitative estimate of drug-likeness (QED) is 0.324. The summed E-state index contributed by atoms with van der Waals surface area (Å²) in [6.45, 7) is 4.46. The van der Waals surface area contributed by atoms with Gasteiger partial charge in [0.15, 0.2) is 0 Å². The number of hydrogen-bond acceptors (Lipinski definition) is 11. The molecule has 4 atom stereocenters. The van der Waals surface area contributed by atoms with E-state index in [1.165, 1.54) is 11.2 Å². The fourth-order valence-electron chi connectivity index (χ4n) is 5.56. The highest BCUT2D eigenvalue weighted by molar-refractivity contribution is 7.85. The van der Waals surface area contributed by atoms with E-state index in [1.807, 2.05) is 18.6 Å². The number of carbonyl (C=O) groups excluding carboxylic acids is 3. The maximum absolute atomic E-state index is 13.6. The average Bonchev–Trinajstić information content (AvgIpc) is 3.81. The number of ether oxygens (including phenoxy) is 2. The molecule has 2 saturated carbocycles. The number of aliphatic hydroxyl groups is 1. The van der Waals surface area contributed by atoms with Crippen LogP contribution in [0.1, 0.15) is 51.5 Å². The van der Waals surface area contributed by atoms with Gasteiger partial charge in [-0.1, -0.05) is 13.3 Å². The van der Waals surface area contributed by atoms with Gasteiger partial charge in [-0.25, -0.2) is 18.9 Å². The van der Waals surface area contributed by atoms with Crippen molar-refractivity contribution in [3.8, 4) is 11.6 Å². The number of likely N-dealkylation sites (tertiary alicyclic amines) is 1.